The Bertz CT molecular complexity index is 359. The molecule has 4 nitrogen and oxygen atoms in total. The summed E-state index contributed by atoms with van der Waals surface area (Å²) in [5.41, 5.74) is -0.922. The van der Waals surface area contributed by atoms with Gasteiger partial charge in [-0.05, 0) is 6.07 Å². The van der Waals surface area contributed by atoms with E-state index in [4.69, 9.17) is 0 Å². The van der Waals surface area contributed by atoms with Gasteiger partial charge in [-0.2, -0.15) is 18.3 Å². The van der Waals surface area contributed by atoms with Gasteiger partial charge in [0.05, 0.1) is 6.54 Å². The zero-order valence-electron chi connectivity index (χ0n) is 8.71. The van der Waals surface area contributed by atoms with Crippen molar-refractivity contribution in [1.82, 2.24) is 15.1 Å². The molecule has 0 atom stereocenters. The minimum absolute atomic E-state index is 0.136. The summed E-state index contributed by atoms with van der Waals surface area (Å²) in [5.74, 6) is -0.136. The highest BCUT2D eigenvalue weighted by molar-refractivity contribution is 5.75. The Labute approximate surface area is 90.4 Å². The Kier molecular flexibility index (Phi) is 3.92. The first kappa shape index (κ1) is 12.5. The standard InChI is InChI=1S/C9H12F3N3O/c1-2-8(16)13-4-6-15-5-3-7(14-15)9(10,11)12/h3,5H,2,4,6H2,1H3,(H,13,16). The average molecular weight is 235 g/mol. The van der Waals surface area contributed by atoms with E-state index < -0.39 is 11.9 Å². The van der Waals surface area contributed by atoms with Crippen LogP contribution in [0.25, 0.3) is 0 Å². The van der Waals surface area contributed by atoms with E-state index in [1.165, 1.54) is 6.20 Å². The lowest BCUT2D eigenvalue weighted by atomic mass is 10.4. The fraction of sp³-hybridized carbons (Fsp3) is 0.556. The van der Waals surface area contributed by atoms with Crippen LogP contribution in [0.2, 0.25) is 0 Å². The van der Waals surface area contributed by atoms with Crippen molar-refractivity contribution < 1.29 is 18.0 Å². The Morgan fingerprint density at radius 1 is 1.56 bits per heavy atom. The maximum atomic E-state index is 12.2. The summed E-state index contributed by atoms with van der Waals surface area (Å²) in [6.07, 6.45) is -2.83. The third-order valence-corrected chi connectivity index (χ3v) is 1.92. The zero-order valence-corrected chi connectivity index (χ0v) is 8.71. The van der Waals surface area contributed by atoms with Gasteiger partial charge in [-0.3, -0.25) is 9.48 Å². The predicted molar refractivity (Wildman–Crippen MR) is 50.5 cm³/mol. The van der Waals surface area contributed by atoms with Gasteiger partial charge in [-0.1, -0.05) is 6.92 Å². The van der Waals surface area contributed by atoms with Crippen molar-refractivity contribution in [3.05, 3.63) is 18.0 Å². The molecule has 1 heterocycles. The topological polar surface area (TPSA) is 46.9 Å². The second-order valence-electron chi connectivity index (χ2n) is 3.17. The number of halogens is 3. The molecular weight excluding hydrogens is 223 g/mol. The molecule has 0 unspecified atom stereocenters. The van der Waals surface area contributed by atoms with E-state index in [9.17, 15) is 18.0 Å². The molecule has 1 rings (SSSR count). The number of carbonyl (C=O) groups is 1. The van der Waals surface area contributed by atoms with E-state index >= 15 is 0 Å². The number of amides is 1. The maximum absolute atomic E-state index is 12.2. The maximum Gasteiger partial charge on any atom is 0.435 e. The van der Waals surface area contributed by atoms with Crippen molar-refractivity contribution in [1.29, 1.82) is 0 Å². The molecule has 16 heavy (non-hydrogen) atoms. The number of nitrogens with zero attached hydrogens (tertiary/aromatic N) is 2. The van der Waals surface area contributed by atoms with E-state index in [0.717, 1.165) is 10.7 Å². The minimum atomic E-state index is -4.42. The molecule has 0 aromatic carbocycles. The first-order valence-corrected chi connectivity index (χ1v) is 4.81. The second kappa shape index (κ2) is 5.00. The first-order chi connectivity index (χ1) is 7.43. The van der Waals surface area contributed by atoms with E-state index in [2.05, 4.69) is 10.4 Å². The van der Waals surface area contributed by atoms with Gasteiger partial charge < -0.3 is 5.32 Å². The molecule has 1 aromatic heterocycles. The van der Waals surface area contributed by atoms with Crippen molar-refractivity contribution in [2.75, 3.05) is 6.54 Å². The average Bonchev–Trinajstić information content (AvgIpc) is 2.65. The fourth-order valence-corrected chi connectivity index (χ4v) is 1.07. The lowest BCUT2D eigenvalue weighted by Crippen LogP contribution is -2.26. The first-order valence-electron chi connectivity index (χ1n) is 4.81. The molecule has 0 radical (unpaired) electrons. The SMILES string of the molecule is CCC(=O)NCCn1ccc(C(F)(F)F)n1. The summed E-state index contributed by atoms with van der Waals surface area (Å²) in [5, 5.41) is 5.89. The van der Waals surface area contributed by atoms with Crippen LogP contribution in [0.3, 0.4) is 0 Å². The van der Waals surface area contributed by atoms with Crippen LogP contribution >= 0.6 is 0 Å². The van der Waals surface area contributed by atoms with Gasteiger partial charge in [0.25, 0.3) is 0 Å². The smallest absolute Gasteiger partial charge is 0.354 e. The summed E-state index contributed by atoms with van der Waals surface area (Å²) >= 11 is 0. The minimum Gasteiger partial charge on any atom is -0.354 e. The molecular formula is C9H12F3N3O. The number of hydrogen-bond acceptors (Lipinski definition) is 2. The van der Waals surface area contributed by atoms with Gasteiger partial charge in [0.2, 0.25) is 5.91 Å². The fourth-order valence-electron chi connectivity index (χ4n) is 1.07. The van der Waals surface area contributed by atoms with E-state index in [0.29, 0.717) is 6.42 Å². The summed E-state index contributed by atoms with van der Waals surface area (Å²) < 4.78 is 37.6. The molecule has 1 amide bonds. The van der Waals surface area contributed by atoms with E-state index in [1.54, 1.807) is 6.92 Å². The highest BCUT2D eigenvalue weighted by Gasteiger charge is 2.33. The molecule has 1 aromatic rings. The molecule has 0 aliphatic carbocycles. The highest BCUT2D eigenvalue weighted by atomic mass is 19.4. The summed E-state index contributed by atoms with van der Waals surface area (Å²) in [4.78, 5) is 10.8. The van der Waals surface area contributed by atoms with Crippen LogP contribution in [0, 0.1) is 0 Å². The van der Waals surface area contributed by atoms with E-state index in [1.807, 2.05) is 0 Å². The van der Waals surface area contributed by atoms with Gasteiger partial charge in [-0.25, -0.2) is 0 Å². The lowest BCUT2D eigenvalue weighted by Gasteiger charge is -2.04. The van der Waals surface area contributed by atoms with Crippen LogP contribution in [0.5, 0.6) is 0 Å². The Morgan fingerprint density at radius 3 is 2.75 bits per heavy atom. The quantitative estimate of drug-likeness (QED) is 0.858. The number of rotatable bonds is 4. The van der Waals surface area contributed by atoms with Gasteiger partial charge in [0.1, 0.15) is 0 Å². The predicted octanol–water partition coefficient (Wildman–Crippen LogP) is 1.43. The Hall–Kier alpha value is -1.53. The molecule has 0 saturated carbocycles. The molecule has 0 aliphatic heterocycles. The summed E-state index contributed by atoms with van der Waals surface area (Å²) in [6, 6.07) is 0.904. The molecule has 1 N–H and O–H groups in total. The lowest BCUT2D eigenvalue weighted by molar-refractivity contribution is -0.141. The summed E-state index contributed by atoms with van der Waals surface area (Å²) in [7, 11) is 0. The second-order valence-corrected chi connectivity index (χ2v) is 3.17. The molecule has 90 valence electrons. The monoisotopic (exact) mass is 235 g/mol. The van der Waals surface area contributed by atoms with Gasteiger partial charge in [0, 0.05) is 19.2 Å². The van der Waals surface area contributed by atoms with Crippen LogP contribution in [0.4, 0.5) is 13.2 Å². The largest absolute Gasteiger partial charge is 0.435 e. The molecule has 0 bridgehead atoms. The number of hydrogen-bond donors (Lipinski definition) is 1. The normalized spacial score (nSPS) is 11.5. The van der Waals surface area contributed by atoms with Crippen LogP contribution in [0.15, 0.2) is 12.3 Å². The van der Waals surface area contributed by atoms with Crippen LogP contribution < -0.4 is 5.32 Å². The molecule has 0 spiro atoms. The van der Waals surface area contributed by atoms with Crippen LogP contribution in [0.1, 0.15) is 19.0 Å². The van der Waals surface area contributed by atoms with Crippen molar-refractivity contribution >= 4 is 5.91 Å². The highest BCUT2D eigenvalue weighted by Crippen LogP contribution is 2.26. The Morgan fingerprint density at radius 2 is 2.25 bits per heavy atom. The van der Waals surface area contributed by atoms with Crippen LogP contribution in [-0.4, -0.2) is 22.2 Å². The van der Waals surface area contributed by atoms with E-state index in [-0.39, 0.29) is 19.0 Å². The number of carbonyl (C=O) groups excluding carboxylic acids is 1. The van der Waals surface area contributed by atoms with Crippen LogP contribution in [-0.2, 0) is 17.5 Å². The third kappa shape index (κ3) is 3.56. The summed E-state index contributed by atoms with van der Waals surface area (Å²) in [6.45, 7) is 2.19. The van der Waals surface area contributed by atoms with Crippen molar-refractivity contribution in [2.24, 2.45) is 0 Å². The van der Waals surface area contributed by atoms with Crippen molar-refractivity contribution in [3.63, 3.8) is 0 Å². The van der Waals surface area contributed by atoms with Crippen molar-refractivity contribution in [2.45, 2.75) is 26.1 Å². The van der Waals surface area contributed by atoms with Gasteiger partial charge in [-0.15, -0.1) is 0 Å². The molecule has 0 fully saturated rings. The number of nitrogens with one attached hydrogen (secondary N) is 1. The number of alkyl halides is 3. The third-order valence-electron chi connectivity index (χ3n) is 1.92. The number of aromatic nitrogens is 2. The molecule has 7 heteroatoms. The van der Waals surface area contributed by atoms with Gasteiger partial charge >= 0.3 is 6.18 Å². The molecule has 0 saturated heterocycles. The van der Waals surface area contributed by atoms with Crippen molar-refractivity contribution in [3.8, 4) is 0 Å². The van der Waals surface area contributed by atoms with Gasteiger partial charge in [0.15, 0.2) is 5.69 Å². The molecule has 0 aliphatic rings. The Balaban J connectivity index is 2.44. The zero-order chi connectivity index (χ0) is 12.2.